The first-order valence-electron chi connectivity index (χ1n) is 29.9. The second kappa shape index (κ2) is 36.5. The van der Waals surface area contributed by atoms with Crippen LogP contribution in [0.5, 0.6) is 23.0 Å². The van der Waals surface area contributed by atoms with Crippen molar-refractivity contribution < 1.29 is 28.5 Å². The lowest BCUT2D eigenvalue weighted by atomic mass is 10.0. The van der Waals surface area contributed by atoms with Crippen LogP contribution < -0.4 is 18.9 Å². The number of benzene rings is 6. The van der Waals surface area contributed by atoms with Gasteiger partial charge in [0.1, 0.15) is 23.0 Å². The summed E-state index contributed by atoms with van der Waals surface area (Å²) in [5.41, 5.74) is 6.41. The van der Waals surface area contributed by atoms with E-state index in [1.165, 1.54) is 141 Å². The largest absolute Gasteiger partial charge is 0.494 e. The molecular weight excluding hydrogens is 989 g/mol. The lowest BCUT2D eigenvalue weighted by Crippen LogP contribution is -2.08. The van der Waals surface area contributed by atoms with Crippen molar-refractivity contribution in [2.45, 2.75) is 168 Å². The number of ether oxygens (including phenoxy) is 4. The topological polar surface area (TPSA) is 119 Å². The summed E-state index contributed by atoms with van der Waals surface area (Å²) in [6.07, 6.45) is 35.1. The van der Waals surface area contributed by atoms with Crippen molar-refractivity contribution in [3.05, 3.63) is 179 Å². The Morgan fingerprint density at radius 2 is 0.700 bits per heavy atom. The van der Waals surface area contributed by atoms with Gasteiger partial charge < -0.3 is 18.9 Å². The van der Waals surface area contributed by atoms with Crippen molar-refractivity contribution in [3.63, 3.8) is 0 Å². The van der Waals surface area contributed by atoms with Crippen molar-refractivity contribution in [2.24, 2.45) is 0 Å². The van der Waals surface area contributed by atoms with Crippen LogP contribution in [-0.2, 0) is 0 Å². The van der Waals surface area contributed by atoms with Gasteiger partial charge in [-0.1, -0.05) is 228 Å². The number of hydrogen-bond acceptors (Lipinski definition) is 8. The third-order valence-corrected chi connectivity index (χ3v) is 14.5. The standard InChI is InChI=1S/C72H84N2O6/c1-3-5-7-9-11-13-15-17-19-21-23-25-50-77-67-44-30-57(31-45-67)52-65(55-73)60-34-38-62(39-35-60)71(75)79-69-48-42-59(43-49-69)64-28-27-29-70(54-64)80-72(76)63-40-36-61(37-41-63)66(56-74)53-58-32-46-68(47-33-58)78-51-26-24-22-20-18-16-14-12-10-8-6-4-2/h27-49,52-54H,3-26,50-51H2,1-2H3/b65-52+,66-53+. The van der Waals surface area contributed by atoms with E-state index in [-0.39, 0.29) is 0 Å². The zero-order valence-electron chi connectivity index (χ0n) is 47.7. The average molecular weight is 1070 g/mol. The molecule has 0 atom stereocenters. The Hall–Kier alpha value is -7.68. The molecule has 0 aliphatic rings. The number of esters is 2. The molecule has 0 saturated heterocycles. The van der Waals surface area contributed by atoms with Crippen molar-refractivity contribution in [1.82, 2.24) is 0 Å². The molecule has 418 valence electrons. The molecule has 0 aromatic heterocycles. The second-order valence-electron chi connectivity index (χ2n) is 20.9. The number of rotatable bonds is 37. The predicted molar refractivity (Wildman–Crippen MR) is 328 cm³/mol. The van der Waals surface area contributed by atoms with Crippen LogP contribution in [0.15, 0.2) is 146 Å². The van der Waals surface area contributed by atoms with Crippen molar-refractivity contribution >= 4 is 35.2 Å². The van der Waals surface area contributed by atoms with E-state index >= 15 is 0 Å². The fourth-order valence-electron chi connectivity index (χ4n) is 9.64. The first-order valence-corrected chi connectivity index (χ1v) is 29.9. The average Bonchev–Trinajstić information content (AvgIpc) is 3.49. The maximum atomic E-state index is 13.3. The summed E-state index contributed by atoms with van der Waals surface area (Å²) in [6, 6.07) is 48.0. The fourth-order valence-corrected chi connectivity index (χ4v) is 9.64. The highest BCUT2D eigenvalue weighted by Crippen LogP contribution is 2.29. The Bertz CT molecular complexity index is 2890. The normalized spacial score (nSPS) is 11.4. The molecule has 0 unspecified atom stereocenters. The van der Waals surface area contributed by atoms with Gasteiger partial charge in [0.2, 0.25) is 0 Å². The van der Waals surface area contributed by atoms with Crippen LogP contribution in [-0.4, -0.2) is 25.2 Å². The van der Waals surface area contributed by atoms with Crippen LogP contribution in [0, 0.1) is 22.7 Å². The van der Waals surface area contributed by atoms with Gasteiger partial charge in [0.25, 0.3) is 0 Å². The summed E-state index contributed by atoms with van der Waals surface area (Å²) in [6.45, 7) is 5.93. The van der Waals surface area contributed by atoms with E-state index in [2.05, 4.69) is 26.0 Å². The quantitative estimate of drug-likeness (QED) is 0.0124. The van der Waals surface area contributed by atoms with Gasteiger partial charge in [-0.05, 0) is 131 Å². The summed E-state index contributed by atoms with van der Waals surface area (Å²) >= 11 is 0. The molecular formula is C72H84N2O6. The van der Waals surface area contributed by atoms with E-state index < -0.39 is 11.9 Å². The van der Waals surface area contributed by atoms with E-state index in [1.807, 2.05) is 78.9 Å². The van der Waals surface area contributed by atoms with E-state index in [4.69, 9.17) is 18.9 Å². The highest BCUT2D eigenvalue weighted by molar-refractivity contribution is 5.95. The van der Waals surface area contributed by atoms with Crippen LogP contribution in [0.3, 0.4) is 0 Å². The minimum atomic E-state index is -0.527. The summed E-state index contributed by atoms with van der Waals surface area (Å²) in [4.78, 5) is 26.4. The molecule has 0 aliphatic carbocycles. The molecule has 0 bridgehead atoms. The van der Waals surface area contributed by atoms with Gasteiger partial charge in [0, 0.05) is 0 Å². The van der Waals surface area contributed by atoms with Gasteiger partial charge in [-0.2, -0.15) is 10.5 Å². The SMILES string of the molecule is CCCCCCCCCCCCCCOc1ccc(/C=C(\C#N)c2ccc(C(=O)Oc3ccc(-c4cccc(OC(=O)c5ccc(/C(C#N)=C/c6ccc(OCCCCCCCCCCCCCC)cc6)cc5)c4)cc3)cc2)cc1. The molecule has 6 rings (SSSR count). The Morgan fingerprint density at radius 1 is 0.362 bits per heavy atom. The zero-order chi connectivity index (χ0) is 56.2. The van der Waals surface area contributed by atoms with Gasteiger partial charge in [0.15, 0.2) is 0 Å². The van der Waals surface area contributed by atoms with E-state index in [1.54, 1.807) is 78.9 Å². The molecule has 8 heteroatoms. The second-order valence-corrected chi connectivity index (χ2v) is 20.9. The summed E-state index contributed by atoms with van der Waals surface area (Å²) in [7, 11) is 0. The van der Waals surface area contributed by atoms with E-state index in [0.29, 0.717) is 58.1 Å². The molecule has 0 fully saturated rings. The molecule has 6 aromatic carbocycles. The predicted octanol–water partition coefficient (Wildman–Crippen LogP) is 20.1. The van der Waals surface area contributed by atoms with Crippen LogP contribution >= 0.6 is 0 Å². The van der Waals surface area contributed by atoms with Crippen molar-refractivity contribution in [3.8, 4) is 46.3 Å². The molecule has 0 radical (unpaired) electrons. The summed E-state index contributed by atoms with van der Waals surface area (Å²) < 4.78 is 23.5. The third-order valence-electron chi connectivity index (χ3n) is 14.5. The molecule has 0 heterocycles. The molecule has 80 heavy (non-hydrogen) atoms. The van der Waals surface area contributed by atoms with Crippen LogP contribution in [0.1, 0.15) is 211 Å². The molecule has 0 aliphatic heterocycles. The molecule has 6 aromatic rings. The third kappa shape index (κ3) is 22.6. The first kappa shape index (κ1) is 61.5. The maximum absolute atomic E-state index is 13.3. The Morgan fingerprint density at radius 3 is 1.07 bits per heavy atom. The molecule has 0 N–H and O–H groups in total. The van der Waals surface area contributed by atoms with Gasteiger partial charge in [-0.25, -0.2) is 9.59 Å². The van der Waals surface area contributed by atoms with Gasteiger partial charge in [-0.15, -0.1) is 0 Å². The minimum Gasteiger partial charge on any atom is -0.494 e. The minimum absolute atomic E-state index is 0.348. The molecule has 0 amide bonds. The zero-order valence-corrected chi connectivity index (χ0v) is 47.7. The first-order chi connectivity index (χ1) is 39.3. The summed E-state index contributed by atoms with van der Waals surface area (Å²) in [5, 5.41) is 20.0. The lowest BCUT2D eigenvalue weighted by molar-refractivity contribution is 0.0725. The number of allylic oxidation sites excluding steroid dienone is 2. The van der Waals surface area contributed by atoms with E-state index in [9.17, 15) is 20.1 Å². The maximum Gasteiger partial charge on any atom is 0.343 e. The smallest absolute Gasteiger partial charge is 0.343 e. The van der Waals surface area contributed by atoms with Crippen molar-refractivity contribution in [1.29, 1.82) is 10.5 Å². The Balaban J connectivity index is 0.896. The molecule has 0 saturated carbocycles. The summed E-state index contributed by atoms with van der Waals surface area (Å²) in [5.74, 6) is 1.32. The highest BCUT2D eigenvalue weighted by atomic mass is 16.5. The molecule has 8 nitrogen and oxygen atoms in total. The van der Waals surface area contributed by atoms with Gasteiger partial charge in [0.05, 0.1) is 47.6 Å². The monoisotopic (exact) mass is 1070 g/mol. The lowest BCUT2D eigenvalue weighted by Gasteiger charge is -2.09. The number of carbonyl (C=O) groups is 2. The van der Waals surface area contributed by atoms with Crippen LogP contribution in [0.2, 0.25) is 0 Å². The number of carbonyl (C=O) groups excluding carboxylic acids is 2. The number of hydrogen-bond donors (Lipinski definition) is 0. The van der Waals surface area contributed by atoms with E-state index in [0.717, 1.165) is 46.6 Å². The van der Waals surface area contributed by atoms with Gasteiger partial charge in [-0.3, -0.25) is 0 Å². The number of nitrogens with zero attached hydrogens (tertiary/aromatic N) is 2. The molecule has 0 spiro atoms. The highest BCUT2D eigenvalue weighted by Gasteiger charge is 2.14. The van der Waals surface area contributed by atoms with Crippen LogP contribution in [0.25, 0.3) is 34.4 Å². The van der Waals surface area contributed by atoms with Gasteiger partial charge >= 0.3 is 11.9 Å². The number of unbranched alkanes of at least 4 members (excludes halogenated alkanes) is 22. The van der Waals surface area contributed by atoms with Crippen molar-refractivity contribution in [2.75, 3.05) is 13.2 Å². The Labute approximate surface area is 478 Å². The van der Waals surface area contributed by atoms with Crippen LogP contribution in [0.4, 0.5) is 0 Å². The fraction of sp³-hybridized carbons (Fsp3) is 0.389. The number of nitriles is 2. The Kier molecular flexibility index (Phi) is 28.1.